The fraction of sp³-hybridized carbons (Fsp3) is 0.200. The second kappa shape index (κ2) is 13.4. The molecule has 0 saturated heterocycles. The van der Waals surface area contributed by atoms with Gasteiger partial charge in [0.25, 0.3) is 0 Å². The number of thioether (sulfide) groups is 2. The highest BCUT2D eigenvalue weighted by Crippen LogP contribution is 2.26. The molecule has 0 heterocycles. The molecule has 0 aliphatic carbocycles. The van der Waals surface area contributed by atoms with Gasteiger partial charge in [0.2, 0.25) is 0 Å². The standard InChI is InChI=1S/C20H22N4O6S2/c25-15(26)11-31-19(13-7-3-1-4-8-13)23-21-17(29)18(30)22-24-20(32-12-16(27)28)14-9-5-2-6-10-14/h1-10,19-20,23-24H,11-12H2,(H,21,29)(H,22,30)(H,25,26)(H,27,28)/t19-,20+. The first-order valence-corrected chi connectivity index (χ1v) is 11.3. The molecule has 2 atom stereocenters. The van der Waals surface area contributed by atoms with E-state index in [-0.39, 0.29) is 11.5 Å². The van der Waals surface area contributed by atoms with Gasteiger partial charge in [-0.15, -0.1) is 23.5 Å². The van der Waals surface area contributed by atoms with Crippen molar-refractivity contribution in [1.29, 1.82) is 0 Å². The number of amides is 2. The first kappa shape index (κ1) is 25.2. The summed E-state index contributed by atoms with van der Waals surface area (Å²) in [6, 6.07) is 17.7. The van der Waals surface area contributed by atoms with E-state index in [4.69, 9.17) is 10.2 Å². The number of carboxylic acids is 2. The molecule has 2 amide bonds. The molecular weight excluding hydrogens is 456 g/mol. The van der Waals surface area contributed by atoms with Crippen molar-refractivity contribution in [2.24, 2.45) is 0 Å². The predicted octanol–water partition coefficient (Wildman–Crippen LogP) is 1.26. The molecule has 0 fully saturated rings. The van der Waals surface area contributed by atoms with Crippen molar-refractivity contribution in [2.45, 2.75) is 10.7 Å². The summed E-state index contributed by atoms with van der Waals surface area (Å²) in [5.41, 5.74) is 11.3. The summed E-state index contributed by atoms with van der Waals surface area (Å²) in [6.07, 6.45) is 0. The summed E-state index contributed by atoms with van der Waals surface area (Å²) < 4.78 is 0. The lowest BCUT2D eigenvalue weighted by Crippen LogP contribution is -2.51. The first-order chi connectivity index (χ1) is 15.4. The maximum absolute atomic E-state index is 12.2. The molecule has 0 saturated carbocycles. The van der Waals surface area contributed by atoms with E-state index >= 15 is 0 Å². The molecule has 0 spiro atoms. The van der Waals surface area contributed by atoms with Gasteiger partial charge in [0.05, 0.1) is 22.3 Å². The highest BCUT2D eigenvalue weighted by atomic mass is 32.2. The number of benzene rings is 2. The summed E-state index contributed by atoms with van der Waals surface area (Å²) in [6.45, 7) is 0. The molecule has 10 nitrogen and oxygen atoms in total. The average Bonchev–Trinajstić information content (AvgIpc) is 2.79. The molecule has 32 heavy (non-hydrogen) atoms. The topological polar surface area (TPSA) is 157 Å². The first-order valence-electron chi connectivity index (χ1n) is 9.25. The van der Waals surface area contributed by atoms with Crippen molar-refractivity contribution in [2.75, 3.05) is 11.5 Å². The van der Waals surface area contributed by atoms with Gasteiger partial charge in [-0.25, -0.2) is 10.9 Å². The van der Waals surface area contributed by atoms with E-state index in [1.807, 2.05) is 0 Å². The van der Waals surface area contributed by atoms with Crippen LogP contribution in [0.4, 0.5) is 0 Å². The number of hydrazine groups is 2. The Morgan fingerprint density at radius 2 is 1.00 bits per heavy atom. The van der Waals surface area contributed by atoms with Gasteiger partial charge in [-0.05, 0) is 11.1 Å². The van der Waals surface area contributed by atoms with Crippen LogP contribution in [0.15, 0.2) is 60.7 Å². The normalized spacial score (nSPS) is 12.4. The van der Waals surface area contributed by atoms with Crippen LogP contribution < -0.4 is 21.7 Å². The van der Waals surface area contributed by atoms with Gasteiger partial charge >= 0.3 is 23.8 Å². The van der Waals surface area contributed by atoms with Crippen LogP contribution in [-0.2, 0) is 19.2 Å². The van der Waals surface area contributed by atoms with Gasteiger partial charge < -0.3 is 10.2 Å². The van der Waals surface area contributed by atoms with Crippen molar-refractivity contribution >= 4 is 47.3 Å². The van der Waals surface area contributed by atoms with Crippen LogP contribution >= 0.6 is 23.5 Å². The third-order valence-electron chi connectivity index (χ3n) is 3.79. The van der Waals surface area contributed by atoms with Gasteiger partial charge in [0.15, 0.2) is 0 Å². The largest absolute Gasteiger partial charge is 0.481 e. The van der Waals surface area contributed by atoms with Crippen molar-refractivity contribution in [3.63, 3.8) is 0 Å². The number of aliphatic carboxylic acids is 2. The highest BCUT2D eigenvalue weighted by molar-refractivity contribution is 8.00. The van der Waals surface area contributed by atoms with Gasteiger partial charge in [0.1, 0.15) is 0 Å². The Labute approximate surface area is 192 Å². The third kappa shape index (κ3) is 8.98. The van der Waals surface area contributed by atoms with E-state index in [9.17, 15) is 19.2 Å². The number of nitrogens with one attached hydrogen (secondary N) is 4. The molecule has 2 aromatic carbocycles. The zero-order valence-corrected chi connectivity index (χ0v) is 18.3. The summed E-state index contributed by atoms with van der Waals surface area (Å²) in [4.78, 5) is 46.2. The van der Waals surface area contributed by atoms with Gasteiger partial charge in [0, 0.05) is 0 Å². The van der Waals surface area contributed by atoms with E-state index in [1.165, 1.54) is 0 Å². The van der Waals surface area contributed by atoms with Crippen LogP contribution in [0.25, 0.3) is 0 Å². The van der Waals surface area contributed by atoms with Gasteiger partial charge in [-0.2, -0.15) is 0 Å². The fourth-order valence-corrected chi connectivity index (χ4v) is 3.99. The molecule has 0 bridgehead atoms. The smallest absolute Gasteiger partial charge is 0.324 e. The second-order valence-corrected chi connectivity index (χ2v) is 8.37. The van der Waals surface area contributed by atoms with Crippen molar-refractivity contribution in [3.05, 3.63) is 71.8 Å². The Kier molecular flexibility index (Phi) is 10.5. The minimum Gasteiger partial charge on any atom is -0.481 e. The van der Waals surface area contributed by atoms with Crippen LogP contribution in [0.1, 0.15) is 21.9 Å². The van der Waals surface area contributed by atoms with Gasteiger partial charge in [-0.3, -0.25) is 30.0 Å². The molecule has 170 valence electrons. The van der Waals surface area contributed by atoms with E-state index in [0.29, 0.717) is 11.1 Å². The van der Waals surface area contributed by atoms with E-state index in [2.05, 4.69) is 21.7 Å². The van der Waals surface area contributed by atoms with Crippen molar-refractivity contribution in [1.82, 2.24) is 21.7 Å². The van der Waals surface area contributed by atoms with Crippen LogP contribution in [0, 0.1) is 0 Å². The van der Waals surface area contributed by atoms with Crippen LogP contribution in [0.5, 0.6) is 0 Å². The van der Waals surface area contributed by atoms with Crippen LogP contribution in [-0.4, -0.2) is 45.5 Å². The molecule has 2 aromatic rings. The van der Waals surface area contributed by atoms with Gasteiger partial charge in [-0.1, -0.05) is 60.7 Å². The summed E-state index contributed by atoms with van der Waals surface area (Å²) >= 11 is 2.06. The average molecular weight is 479 g/mol. The van der Waals surface area contributed by atoms with Crippen molar-refractivity contribution in [3.8, 4) is 0 Å². The molecule has 0 aliphatic heterocycles. The maximum atomic E-state index is 12.2. The Bertz CT molecular complexity index is 841. The number of hydrogen-bond acceptors (Lipinski definition) is 8. The molecule has 0 aliphatic rings. The monoisotopic (exact) mass is 478 g/mol. The quantitative estimate of drug-likeness (QED) is 0.149. The van der Waals surface area contributed by atoms with Crippen molar-refractivity contribution < 1.29 is 29.4 Å². The number of hydrogen-bond donors (Lipinski definition) is 6. The zero-order valence-electron chi connectivity index (χ0n) is 16.7. The maximum Gasteiger partial charge on any atom is 0.324 e. The molecule has 2 rings (SSSR count). The molecule has 6 N–H and O–H groups in total. The molecule has 0 unspecified atom stereocenters. The molecule has 12 heteroatoms. The third-order valence-corrected chi connectivity index (χ3v) is 6.07. The SMILES string of the molecule is O=C(O)CS[C@@H](NNC(=O)C(=O)NN[C@@H](SCC(=O)O)c1ccccc1)c1ccccc1. The van der Waals surface area contributed by atoms with Crippen LogP contribution in [0.3, 0.4) is 0 Å². The molecular formula is C20H22N4O6S2. The lowest BCUT2D eigenvalue weighted by molar-refractivity contribution is -0.140. The lowest BCUT2D eigenvalue weighted by atomic mass is 10.2. The fourth-order valence-electron chi connectivity index (χ4n) is 2.38. The minimum absolute atomic E-state index is 0.213. The van der Waals surface area contributed by atoms with E-state index in [0.717, 1.165) is 23.5 Å². The summed E-state index contributed by atoms with van der Waals surface area (Å²) in [5.74, 6) is -4.48. The Morgan fingerprint density at radius 1 is 0.656 bits per heavy atom. The molecule has 0 radical (unpaired) electrons. The lowest BCUT2D eigenvalue weighted by Gasteiger charge is -2.20. The highest BCUT2D eigenvalue weighted by Gasteiger charge is 2.20. The predicted molar refractivity (Wildman–Crippen MR) is 121 cm³/mol. The minimum atomic E-state index is -1.02. The number of rotatable bonds is 12. The number of carbonyl (C=O) groups excluding carboxylic acids is 2. The molecule has 0 aromatic heterocycles. The Morgan fingerprint density at radius 3 is 1.31 bits per heavy atom. The Balaban J connectivity index is 1.92. The summed E-state index contributed by atoms with van der Waals surface area (Å²) in [7, 11) is 0. The summed E-state index contributed by atoms with van der Waals surface area (Å²) in [5, 5.41) is 16.6. The van der Waals surface area contributed by atoms with Crippen LogP contribution in [0.2, 0.25) is 0 Å². The Hall–Kier alpha value is -3.06. The van der Waals surface area contributed by atoms with E-state index < -0.39 is 34.5 Å². The second-order valence-electron chi connectivity index (χ2n) is 6.19. The van der Waals surface area contributed by atoms with E-state index in [1.54, 1.807) is 60.7 Å². The number of carbonyl (C=O) groups is 4. The zero-order chi connectivity index (χ0) is 23.3. The number of carboxylic acid groups (broad SMARTS) is 2.